The second kappa shape index (κ2) is 8.87. The van der Waals surface area contributed by atoms with E-state index in [-0.39, 0.29) is 6.10 Å². The molecule has 30 heavy (non-hydrogen) atoms. The van der Waals surface area contributed by atoms with Gasteiger partial charge in [0.25, 0.3) is 0 Å². The summed E-state index contributed by atoms with van der Waals surface area (Å²) in [4.78, 5) is 2.47. The van der Waals surface area contributed by atoms with Crippen molar-refractivity contribution >= 4 is 21.7 Å². The van der Waals surface area contributed by atoms with Gasteiger partial charge in [-0.05, 0) is 50.5 Å². The normalized spacial score (nSPS) is 20.5. The minimum Gasteiger partial charge on any atom is -0.376 e. The van der Waals surface area contributed by atoms with E-state index in [1.165, 1.54) is 0 Å². The van der Waals surface area contributed by atoms with E-state index in [1.807, 2.05) is 38.1 Å². The van der Waals surface area contributed by atoms with Crippen molar-refractivity contribution in [2.45, 2.75) is 37.7 Å². The summed E-state index contributed by atoms with van der Waals surface area (Å²) in [7, 11) is -3.49. The van der Waals surface area contributed by atoms with Crippen LogP contribution in [-0.4, -0.2) is 68.4 Å². The first-order valence-electron chi connectivity index (χ1n) is 10.4. The van der Waals surface area contributed by atoms with Crippen LogP contribution in [0.3, 0.4) is 0 Å². The van der Waals surface area contributed by atoms with Crippen LogP contribution in [0, 0.1) is 13.8 Å². The second-order valence-electron chi connectivity index (χ2n) is 7.95. The third-order valence-electron chi connectivity index (χ3n) is 5.70. The van der Waals surface area contributed by atoms with Gasteiger partial charge in [0.05, 0.1) is 11.0 Å². The fraction of sp³-hybridized carbons (Fsp3) is 0.524. The van der Waals surface area contributed by atoms with Crippen molar-refractivity contribution in [3.8, 4) is 0 Å². The van der Waals surface area contributed by atoms with Crippen molar-refractivity contribution in [3.63, 3.8) is 0 Å². The monoisotopic (exact) mass is 431 g/mol. The summed E-state index contributed by atoms with van der Waals surface area (Å²) in [6.07, 6.45) is 2.44. The molecule has 1 N–H and O–H groups in total. The molecule has 1 atom stereocenters. The molecule has 1 unspecified atom stereocenters. The Morgan fingerprint density at radius 2 is 1.90 bits per heavy atom. The SMILES string of the molecule is Cc1ccc(S(=O)(=O)N2CCN(c3ccc(NCC4CCCO4)nn3)CC2)c(C)c1. The van der Waals surface area contributed by atoms with E-state index in [9.17, 15) is 8.42 Å². The number of nitrogens with one attached hydrogen (secondary N) is 1. The molecule has 0 radical (unpaired) electrons. The van der Waals surface area contributed by atoms with Crippen LogP contribution >= 0.6 is 0 Å². The van der Waals surface area contributed by atoms with E-state index in [2.05, 4.69) is 20.4 Å². The van der Waals surface area contributed by atoms with Crippen LogP contribution in [0.5, 0.6) is 0 Å². The quantitative estimate of drug-likeness (QED) is 0.750. The number of hydrogen-bond donors (Lipinski definition) is 1. The number of ether oxygens (including phenoxy) is 1. The Balaban J connectivity index is 1.34. The van der Waals surface area contributed by atoms with Crippen LogP contribution in [0.4, 0.5) is 11.6 Å². The van der Waals surface area contributed by atoms with Gasteiger partial charge in [-0.3, -0.25) is 0 Å². The first-order chi connectivity index (χ1) is 14.4. The molecular formula is C21H29N5O3S. The summed E-state index contributed by atoms with van der Waals surface area (Å²) in [5.41, 5.74) is 1.85. The molecule has 4 rings (SSSR count). The lowest BCUT2D eigenvalue weighted by molar-refractivity contribution is 0.120. The molecule has 3 heterocycles. The first kappa shape index (κ1) is 21.0. The van der Waals surface area contributed by atoms with Crippen molar-refractivity contribution in [3.05, 3.63) is 41.5 Å². The number of sulfonamides is 1. The van der Waals surface area contributed by atoms with E-state index in [1.54, 1.807) is 10.4 Å². The summed E-state index contributed by atoms with van der Waals surface area (Å²) >= 11 is 0. The van der Waals surface area contributed by atoms with Crippen LogP contribution in [-0.2, 0) is 14.8 Å². The van der Waals surface area contributed by atoms with Crippen molar-refractivity contribution in [2.75, 3.05) is 49.5 Å². The van der Waals surface area contributed by atoms with Gasteiger partial charge < -0.3 is 15.0 Å². The Labute approximate surface area is 178 Å². The van der Waals surface area contributed by atoms with Gasteiger partial charge >= 0.3 is 0 Å². The maximum absolute atomic E-state index is 13.0. The highest BCUT2D eigenvalue weighted by atomic mass is 32.2. The highest BCUT2D eigenvalue weighted by molar-refractivity contribution is 7.89. The highest BCUT2D eigenvalue weighted by Gasteiger charge is 2.30. The van der Waals surface area contributed by atoms with Crippen LogP contribution < -0.4 is 10.2 Å². The van der Waals surface area contributed by atoms with Gasteiger partial charge in [-0.2, -0.15) is 4.31 Å². The number of aromatic nitrogens is 2. The Bertz CT molecular complexity index is 967. The molecule has 1 aromatic carbocycles. The van der Waals surface area contributed by atoms with Gasteiger partial charge in [-0.15, -0.1) is 10.2 Å². The number of piperazine rings is 1. The fourth-order valence-electron chi connectivity index (χ4n) is 4.00. The Hall–Kier alpha value is -2.23. The zero-order chi connectivity index (χ0) is 21.1. The molecule has 0 aliphatic carbocycles. The zero-order valence-electron chi connectivity index (χ0n) is 17.5. The third-order valence-corrected chi connectivity index (χ3v) is 7.76. The summed E-state index contributed by atoms with van der Waals surface area (Å²) in [6.45, 7) is 7.41. The number of benzene rings is 1. The molecule has 2 aliphatic heterocycles. The number of aryl methyl sites for hydroxylation is 2. The highest BCUT2D eigenvalue weighted by Crippen LogP contribution is 2.23. The molecule has 2 fully saturated rings. The van der Waals surface area contributed by atoms with Crippen molar-refractivity contribution < 1.29 is 13.2 Å². The van der Waals surface area contributed by atoms with Gasteiger partial charge in [-0.25, -0.2) is 8.42 Å². The van der Waals surface area contributed by atoms with Gasteiger partial charge in [0, 0.05) is 39.3 Å². The smallest absolute Gasteiger partial charge is 0.243 e. The van der Waals surface area contributed by atoms with E-state index in [4.69, 9.17) is 4.74 Å². The predicted octanol–water partition coefficient (Wildman–Crippen LogP) is 2.20. The number of rotatable bonds is 6. The van der Waals surface area contributed by atoms with Crippen LogP contribution in [0.2, 0.25) is 0 Å². The lowest BCUT2D eigenvalue weighted by atomic mass is 10.2. The summed E-state index contributed by atoms with van der Waals surface area (Å²) in [6, 6.07) is 9.31. The Morgan fingerprint density at radius 3 is 2.53 bits per heavy atom. The van der Waals surface area contributed by atoms with Crippen molar-refractivity contribution in [1.29, 1.82) is 0 Å². The predicted molar refractivity (Wildman–Crippen MR) is 116 cm³/mol. The second-order valence-corrected chi connectivity index (χ2v) is 9.86. The van der Waals surface area contributed by atoms with Gasteiger partial charge in [0.1, 0.15) is 5.82 Å². The topological polar surface area (TPSA) is 87.7 Å². The van der Waals surface area contributed by atoms with Crippen LogP contribution in [0.15, 0.2) is 35.2 Å². The summed E-state index contributed by atoms with van der Waals surface area (Å²) in [5.74, 6) is 1.49. The minimum atomic E-state index is -3.49. The van der Waals surface area contributed by atoms with E-state index < -0.39 is 10.0 Å². The maximum atomic E-state index is 13.0. The molecule has 0 spiro atoms. The van der Waals surface area contributed by atoms with E-state index in [0.29, 0.717) is 31.1 Å². The van der Waals surface area contributed by atoms with Crippen LogP contribution in [0.25, 0.3) is 0 Å². The fourth-order valence-corrected chi connectivity index (χ4v) is 5.63. The first-order valence-corrected chi connectivity index (χ1v) is 11.9. The lowest BCUT2D eigenvalue weighted by Crippen LogP contribution is -2.49. The van der Waals surface area contributed by atoms with Gasteiger partial charge in [0.2, 0.25) is 10.0 Å². The molecule has 9 heteroatoms. The van der Waals surface area contributed by atoms with Crippen molar-refractivity contribution in [1.82, 2.24) is 14.5 Å². The number of anilines is 2. The molecule has 162 valence electrons. The minimum absolute atomic E-state index is 0.249. The molecule has 0 bridgehead atoms. The van der Waals surface area contributed by atoms with E-state index in [0.717, 1.165) is 48.8 Å². The molecule has 2 aromatic rings. The van der Waals surface area contributed by atoms with Crippen molar-refractivity contribution in [2.24, 2.45) is 0 Å². The largest absolute Gasteiger partial charge is 0.376 e. The third kappa shape index (κ3) is 4.58. The standard InChI is InChI=1S/C21H29N5O3S/c1-16-5-6-19(17(2)14-16)30(27,28)26-11-9-25(10-12-26)21-8-7-20(23-24-21)22-15-18-4-3-13-29-18/h5-8,14,18H,3-4,9-13,15H2,1-2H3,(H,22,23). The Kier molecular flexibility index (Phi) is 6.21. The van der Waals surface area contributed by atoms with E-state index >= 15 is 0 Å². The summed E-state index contributed by atoms with van der Waals surface area (Å²) in [5, 5.41) is 11.8. The lowest BCUT2D eigenvalue weighted by Gasteiger charge is -2.34. The molecule has 1 aromatic heterocycles. The average Bonchev–Trinajstić information content (AvgIpc) is 3.26. The Morgan fingerprint density at radius 1 is 1.10 bits per heavy atom. The zero-order valence-corrected chi connectivity index (χ0v) is 18.4. The molecule has 8 nitrogen and oxygen atoms in total. The van der Waals surface area contributed by atoms with Gasteiger partial charge in [-0.1, -0.05) is 17.7 Å². The molecular weight excluding hydrogens is 402 g/mol. The van der Waals surface area contributed by atoms with Crippen LogP contribution in [0.1, 0.15) is 24.0 Å². The molecule has 2 saturated heterocycles. The van der Waals surface area contributed by atoms with Gasteiger partial charge in [0.15, 0.2) is 5.82 Å². The maximum Gasteiger partial charge on any atom is 0.243 e. The molecule has 0 saturated carbocycles. The summed E-state index contributed by atoms with van der Waals surface area (Å²) < 4.78 is 33.3. The number of hydrogen-bond acceptors (Lipinski definition) is 7. The number of nitrogens with zero attached hydrogens (tertiary/aromatic N) is 4. The molecule has 0 amide bonds. The average molecular weight is 432 g/mol. The molecule has 2 aliphatic rings.